The van der Waals surface area contributed by atoms with E-state index in [1.807, 2.05) is 6.92 Å². The molecule has 1 aliphatic rings. The Bertz CT molecular complexity index is 1120. The van der Waals surface area contributed by atoms with Crippen molar-refractivity contribution in [3.8, 4) is 5.69 Å². The minimum atomic E-state index is -0.469. The molecule has 1 aliphatic carbocycles. The van der Waals surface area contributed by atoms with Crippen LogP contribution < -0.4 is 5.32 Å². The first-order valence-corrected chi connectivity index (χ1v) is 9.85. The number of amides is 1. The van der Waals surface area contributed by atoms with Crippen LogP contribution in [-0.4, -0.2) is 28.8 Å². The van der Waals surface area contributed by atoms with Crippen molar-refractivity contribution < 1.29 is 18.7 Å². The number of rotatable bonds is 4. The first-order valence-electron chi connectivity index (χ1n) is 9.85. The van der Waals surface area contributed by atoms with Crippen molar-refractivity contribution in [2.24, 2.45) is 0 Å². The fourth-order valence-electron chi connectivity index (χ4n) is 3.76. The van der Waals surface area contributed by atoms with E-state index in [0.717, 1.165) is 48.2 Å². The minimum Gasteiger partial charge on any atom is -0.465 e. The molecule has 0 aliphatic heterocycles. The van der Waals surface area contributed by atoms with E-state index in [4.69, 9.17) is 4.74 Å². The second-order valence-corrected chi connectivity index (χ2v) is 7.34. The fraction of sp³-hybridized carbons (Fsp3) is 0.261. The standard InChI is InChI=1S/C23H22FN3O3/c1-14-7-8-15(23(29)30-2)13-19(14)25-22(28)21-18-5-3-4-6-20(18)27(26-21)17-11-9-16(24)10-12-17/h7-13H,3-6H2,1-2H3,(H,25,28). The van der Waals surface area contributed by atoms with E-state index in [2.05, 4.69) is 10.4 Å². The Hall–Kier alpha value is -3.48. The second-order valence-electron chi connectivity index (χ2n) is 7.34. The summed E-state index contributed by atoms with van der Waals surface area (Å²) in [4.78, 5) is 25.0. The smallest absolute Gasteiger partial charge is 0.337 e. The molecule has 0 spiro atoms. The number of carbonyl (C=O) groups is 2. The molecule has 1 N–H and O–H groups in total. The molecule has 1 aromatic heterocycles. The highest BCUT2D eigenvalue weighted by Crippen LogP contribution is 2.28. The van der Waals surface area contributed by atoms with Crippen molar-refractivity contribution in [3.05, 3.63) is 76.4 Å². The average molecular weight is 407 g/mol. The van der Waals surface area contributed by atoms with E-state index in [0.29, 0.717) is 16.9 Å². The van der Waals surface area contributed by atoms with Crippen LogP contribution in [0.25, 0.3) is 5.69 Å². The molecule has 3 aromatic rings. The van der Waals surface area contributed by atoms with Crippen molar-refractivity contribution in [2.45, 2.75) is 32.6 Å². The van der Waals surface area contributed by atoms with E-state index in [1.54, 1.807) is 35.0 Å². The number of halogens is 1. The molecule has 0 fully saturated rings. The number of aryl methyl sites for hydroxylation is 1. The van der Waals surface area contributed by atoms with Gasteiger partial charge in [-0.1, -0.05) is 6.07 Å². The van der Waals surface area contributed by atoms with Crippen LogP contribution >= 0.6 is 0 Å². The third kappa shape index (κ3) is 3.70. The molecule has 1 heterocycles. The SMILES string of the molecule is COC(=O)c1ccc(C)c(NC(=O)c2nn(-c3ccc(F)cc3)c3c2CCCC3)c1. The van der Waals surface area contributed by atoms with Crippen molar-refractivity contribution in [1.82, 2.24) is 9.78 Å². The van der Waals surface area contributed by atoms with Crippen LogP contribution in [0.15, 0.2) is 42.5 Å². The number of carbonyl (C=O) groups excluding carboxylic acids is 2. The monoisotopic (exact) mass is 407 g/mol. The summed E-state index contributed by atoms with van der Waals surface area (Å²) in [5.41, 5.74) is 4.70. The molecule has 1 amide bonds. The number of methoxy groups -OCH3 is 1. The molecule has 30 heavy (non-hydrogen) atoms. The first-order chi connectivity index (χ1) is 14.5. The summed E-state index contributed by atoms with van der Waals surface area (Å²) < 4.78 is 19.8. The molecular formula is C23H22FN3O3. The van der Waals surface area contributed by atoms with Gasteiger partial charge in [0.05, 0.1) is 18.4 Å². The molecule has 7 heteroatoms. The Labute approximate surface area is 173 Å². The third-order valence-electron chi connectivity index (χ3n) is 5.37. The number of hydrogen-bond donors (Lipinski definition) is 1. The van der Waals surface area contributed by atoms with E-state index >= 15 is 0 Å². The first kappa shape index (κ1) is 19.8. The lowest BCUT2D eigenvalue weighted by atomic mass is 9.95. The van der Waals surface area contributed by atoms with Gasteiger partial charge in [-0.3, -0.25) is 4.79 Å². The van der Waals surface area contributed by atoms with Crippen LogP contribution in [-0.2, 0) is 17.6 Å². The number of benzene rings is 2. The van der Waals surface area contributed by atoms with Gasteiger partial charge in [-0.25, -0.2) is 13.9 Å². The molecule has 0 unspecified atom stereocenters. The summed E-state index contributed by atoms with van der Waals surface area (Å²) in [6.45, 7) is 1.85. The Morgan fingerprint density at radius 2 is 1.83 bits per heavy atom. The van der Waals surface area contributed by atoms with Crippen LogP contribution in [0.5, 0.6) is 0 Å². The summed E-state index contributed by atoms with van der Waals surface area (Å²) in [5.74, 6) is -1.12. The van der Waals surface area contributed by atoms with Gasteiger partial charge >= 0.3 is 5.97 Å². The molecule has 4 rings (SSSR count). The Morgan fingerprint density at radius 1 is 1.10 bits per heavy atom. The number of fused-ring (bicyclic) bond motifs is 1. The van der Waals surface area contributed by atoms with Gasteiger partial charge in [-0.05, 0) is 74.6 Å². The highest BCUT2D eigenvalue weighted by molar-refractivity contribution is 6.05. The van der Waals surface area contributed by atoms with E-state index < -0.39 is 5.97 Å². The predicted octanol–water partition coefficient (Wildman–Crippen LogP) is 4.24. The molecule has 2 aromatic carbocycles. The van der Waals surface area contributed by atoms with Gasteiger partial charge in [0.15, 0.2) is 5.69 Å². The zero-order valence-electron chi connectivity index (χ0n) is 16.9. The van der Waals surface area contributed by atoms with Crippen LogP contribution in [0.1, 0.15) is 50.5 Å². The summed E-state index contributed by atoms with van der Waals surface area (Å²) >= 11 is 0. The summed E-state index contributed by atoms with van der Waals surface area (Å²) in [5, 5.41) is 7.47. The maximum atomic E-state index is 13.3. The predicted molar refractivity (Wildman–Crippen MR) is 111 cm³/mol. The maximum absolute atomic E-state index is 13.3. The van der Waals surface area contributed by atoms with Crippen molar-refractivity contribution in [3.63, 3.8) is 0 Å². The zero-order chi connectivity index (χ0) is 21.3. The number of aromatic nitrogens is 2. The number of nitrogens with one attached hydrogen (secondary N) is 1. The Balaban J connectivity index is 1.70. The molecule has 154 valence electrons. The molecule has 0 saturated carbocycles. The summed E-state index contributed by atoms with van der Waals surface area (Å²) in [6.07, 6.45) is 3.57. The zero-order valence-corrected chi connectivity index (χ0v) is 16.9. The highest BCUT2D eigenvalue weighted by atomic mass is 19.1. The normalized spacial score (nSPS) is 12.9. The van der Waals surface area contributed by atoms with Gasteiger partial charge in [0, 0.05) is 16.9 Å². The lowest BCUT2D eigenvalue weighted by molar-refractivity contribution is 0.0600. The van der Waals surface area contributed by atoms with Gasteiger partial charge < -0.3 is 10.1 Å². The molecule has 6 nitrogen and oxygen atoms in total. The highest BCUT2D eigenvalue weighted by Gasteiger charge is 2.26. The van der Waals surface area contributed by atoms with Gasteiger partial charge in [-0.2, -0.15) is 5.10 Å². The molecule has 0 atom stereocenters. The van der Waals surface area contributed by atoms with Gasteiger partial charge in [0.25, 0.3) is 5.91 Å². The quantitative estimate of drug-likeness (QED) is 0.657. The Kier molecular flexibility index (Phi) is 5.35. The number of anilines is 1. The van der Waals surface area contributed by atoms with Crippen molar-refractivity contribution in [1.29, 1.82) is 0 Å². The van der Waals surface area contributed by atoms with Crippen molar-refractivity contribution >= 4 is 17.6 Å². The van der Waals surface area contributed by atoms with Crippen LogP contribution in [0.4, 0.5) is 10.1 Å². The Morgan fingerprint density at radius 3 is 2.57 bits per heavy atom. The topological polar surface area (TPSA) is 73.2 Å². The van der Waals surface area contributed by atoms with Crippen LogP contribution in [0, 0.1) is 12.7 Å². The minimum absolute atomic E-state index is 0.321. The van der Waals surface area contributed by atoms with E-state index in [9.17, 15) is 14.0 Å². The number of nitrogens with zero attached hydrogens (tertiary/aromatic N) is 2. The third-order valence-corrected chi connectivity index (χ3v) is 5.37. The number of esters is 1. The number of hydrogen-bond acceptors (Lipinski definition) is 4. The maximum Gasteiger partial charge on any atom is 0.337 e. The van der Waals surface area contributed by atoms with Crippen LogP contribution in [0.2, 0.25) is 0 Å². The van der Waals surface area contributed by atoms with Crippen LogP contribution in [0.3, 0.4) is 0 Å². The number of ether oxygens (including phenoxy) is 1. The largest absolute Gasteiger partial charge is 0.465 e. The summed E-state index contributed by atoms with van der Waals surface area (Å²) in [7, 11) is 1.31. The van der Waals surface area contributed by atoms with Gasteiger partial charge in [-0.15, -0.1) is 0 Å². The van der Waals surface area contributed by atoms with Gasteiger partial charge in [0.2, 0.25) is 0 Å². The molecular weight excluding hydrogens is 385 g/mol. The lowest BCUT2D eigenvalue weighted by Gasteiger charge is -2.14. The van der Waals surface area contributed by atoms with E-state index in [-0.39, 0.29) is 11.7 Å². The molecule has 0 bridgehead atoms. The molecule has 0 radical (unpaired) electrons. The lowest BCUT2D eigenvalue weighted by Crippen LogP contribution is -2.17. The summed E-state index contributed by atoms with van der Waals surface area (Å²) in [6, 6.07) is 11.1. The van der Waals surface area contributed by atoms with Crippen molar-refractivity contribution in [2.75, 3.05) is 12.4 Å². The fourth-order valence-corrected chi connectivity index (χ4v) is 3.76. The van der Waals surface area contributed by atoms with Gasteiger partial charge in [0.1, 0.15) is 5.82 Å². The second kappa shape index (κ2) is 8.10. The molecule has 0 saturated heterocycles. The average Bonchev–Trinajstić information content (AvgIpc) is 3.15. The van der Waals surface area contributed by atoms with E-state index in [1.165, 1.54) is 19.2 Å².